The van der Waals surface area contributed by atoms with E-state index in [2.05, 4.69) is 41.4 Å². The van der Waals surface area contributed by atoms with Crippen molar-refractivity contribution in [1.29, 1.82) is 0 Å². The summed E-state index contributed by atoms with van der Waals surface area (Å²) in [4.78, 5) is 19.6. The van der Waals surface area contributed by atoms with Gasteiger partial charge < -0.3 is 4.90 Å². The molecule has 0 atom stereocenters. The summed E-state index contributed by atoms with van der Waals surface area (Å²) in [5.41, 5.74) is 6.17. The van der Waals surface area contributed by atoms with E-state index in [-0.39, 0.29) is 5.78 Å². The van der Waals surface area contributed by atoms with Crippen LogP contribution in [0.4, 0.5) is 5.69 Å². The number of hydrogen-bond donors (Lipinski definition) is 0. The Hall–Kier alpha value is -3.72. The van der Waals surface area contributed by atoms with Crippen molar-refractivity contribution in [2.24, 2.45) is 0 Å². The van der Waals surface area contributed by atoms with Gasteiger partial charge in [0.25, 0.3) is 0 Å². The predicted molar refractivity (Wildman–Crippen MR) is 118 cm³/mol. The van der Waals surface area contributed by atoms with Crippen molar-refractivity contribution in [3.05, 3.63) is 108 Å². The van der Waals surface area contributed by atoms with Crippen LogP contribution >= 0.6 is 0 Å². The molecule has 1 aliphatic heterocycles. The molecule has 3 aromatic carbocycles. The molecular formula is C26H20N2O. The van der Waals surface area contributed by atoms with Crippen LogP contribution in [0.3, 0.4) is 0 Å². The smallest absolute Gasteiger partial charge is 0.182 e. The number of fused-ring (bicyclic) bond motifs is 3. The second kappa shape index (κ2) is 7.36. The Morgan fingerprint density at radius 2 is 1.66 bits per heavy atom. The van der Waals surface area contributed by atoms with E-state index in [1.165, 1.54) is 5.56 Å². The second-order valence-electron chi connectivity index (χ2n) is 7.23. The van der Waals surface area contributed by atoms with Gasteiger partial charge in [0, 0.05) is 23.3 Å². The molecule has 0 N–H and O–H groups in total. The van der Waals surface area contributed by atoms with Crippen LogP contribution in [0.5, 0.6) is 0 Å². The van der Waals surface area contributed by atoms with E-state index in [4.69, 9.17) is 0 Å². The predicted octanol–water partition coefficient (Wildman–Crippen LogP) is 5.66. The zero-order valence-corrected chi connectivity index (χ0v) is 16.0. The van der Waals surface area contributed by atoms with Crippen LogP contribution in [0.15, 0.2) is 97.3 Å². The number of anilines is 1. The number of Topliss-reactive ketones (excluding diaryl/α,β-unsaturated/α-hetero) is 1. The van der Waals surface area contributed by atoms with Gasteiger partial charge in [-0.05, 0) is 29.2 Å². The first-order valence-electron chi connectivity index (χ1n) is 9.78. The van der Waals surface area contributed by atoms with Gasteiger partial charge in [-0.3, -0.25) is 9.78 Å². The van der Waals surface area contributed by atoms with Gasteiger partial charge in [0.1, 0.15) is 0 Å². The average molecular weight is 376 g/mol. The summed E-state index contributed by atoms with van der Waals surface area (Å²) in [5.74, 6) is 0.0926. The quantitative estimate of drug-likeness (QED) is 0.431. The molecule has 0 fully saturated rings. The summed E-state index contributed by atoms with van der Waals surface area (Å²) in [7, 11) is 0. The van der Waals surface area contributed by atoms with E-state index in [1.54, 1.807) is 0 Å². The van der Waals surface area contributed by atoms with Crippen molar-refractivity contribution in [1.82, 2.24) is 4.98 Å². The molecule has 29 heavy (non-hydrogen) atoms. The van der Waals surface area contributed by atoms with Gasteiger partial charge in [-0.15, -0.1) is 0 Å². The fraction of sp³-hybridized carbons (Fsp3) is 0.0769. The van der Waals surface area contributed by atoms with Gasteiger partial charge in [-0.1, -0.05) is 78.9 Å². The molecule has 2 heterocycles. The first-order valence-corrected chi connectivity index (χ1v) is 9.78. The molecule has 4 aromatic rings. The molecule has 1 aliphatic rings. The molecule has 0 saturated heterocycles. The molecule has 0 unspecified atom stereocenters. The molecular weight excluding hydrogens is 356 g/mol. The lowest BCUT2D eigenvalue weighted by atomic mass is 10.00. The van der Waals surface area contributed by atoms with Crippen LogP contribution in [0.1, 0.15) is 15.9 Å². The Labute approximate surface area is 169 Å². The normalized spacial score (nSPS) is 12.8. The number of pyridine rings is 1. The number of benzene rings is 3. The van der Waals surface area contributed by atoms with Crippen molar-refractivity contribution < 1.29 is 4.79 Å². The number of aromatic nitrogens is 1. The number of rotatable bonds is 4. The van der Waals surface area contributed by atoms with Crippen LogP contribution in [-0.2, 0) is 6.42 Å². The molecule has 0 aliphatic carbocycles. The second-order valence-corrected chi connectivity index (χ2v) is 7.23. The van der Waals surface area contributed by atoms with E-state index < -0.39 is 0 Å². The van der Waals surface area contributed by atoms with Crippen LogP contribution in [0.25, 0.3) is 22.0 Å². The molecule has 0 bridgehead atoms. The molecule has 0 amide bonds. The topological polar surface area (TPSA) is 33.2 Å². The van der Waals surface area contributed by atoms with Gasteiger partial charge in [0.2, 0.25) is 0 Å². The number of carbonyl (C=O) groups is 1. The molecule has 3 heteroatoms. The monoisotopic (exact) mass is 376 g/mol. The van der Waals surface area contributed by atoms with Gasteiger partial charge in [-0.25, -0.2) is 0 Å². The number of nitrogens with zero attached hydrogens (tertiary/aromatic N) is 2. The Balaban J connectivity index is 1.43. The van der Waals surface area contributed by atoms with Gasteiger partial charge >= 0.3 is 0 Å². The summed E-state index contributed by atoms with van der Waals surface area (Å²) >= 11 is 0. The summed E-state index contributed by atoms with van der Waals surface area (Å²) in [6.45, 7) is 0.296. The summed E-state index contributed by atoms with van der Waals surface area (Å²) < 4.78 is 0. The third-order valence-electron chi connectivity index (χ3n) is 5.37. The SMILES string of the molecule is O=C(CN1C=CCc2ccc3cccnc3c21)c1ccc(-c2ccccc2)cc1. The number of hydrogen-bond acceptors (Lipinski definition) is 3. The lowest BCUT2D eigenvalue weighted by Gasteiger charge is -2.27. The lowest BCUT2D eigenvalue weighted by molar-refractivity contribution is 0.100. The third-order valence-corrected chi connectivity index (χ3v) is 5.37. The van der Waals surface area contributed by atoms with Gasteiger partial charge in [-0.2, -0.15) is 0 Å². The molecule has 0 radical (unpaired) electrons. The number of allylic oxidation sites excluding steroid dienone is 1. The zero-order chi connectivity index (χ0) is 19.6. The van der Waals surface area contributed by atoms with Crippen molar-refractivity contribution in [2.45, 2.75) is 6.42 Å². The van der Waals surface area contributed by atoms with Crippen molar-refractivity contribution in [3.63, 3.8) is 0 Å². The molecule has 0 spiro atoms. The van der Waals surface area contributed by atoms with Crippen LogP contribution in [0, 0.1) is 0 Å². The summed E-state index contributed by atoms with van der Waals surface area (Å²) in [5, 5.41) is 1.09. The molecule has 3 nitrogen and oxygen atoms in total. The number of carbonyl (C=O) groups excluding carboxylic acids is 1. The first-order chi connectivity index (χ1) is 14.3. The highest BCUT2D eigenvalue weighted by molar-refractivity contribution is 6.02. The number of ketones is 1. The summed E-state index contributed by atoms with van der Waals surface area (Å²) in [6.07, 6.45) is 6.77. The fourth-order valence-corrected chi connectivity index (χ4v) is 3.90. The van der Waals surface area contributed by atoms with E-state index in [0.29, 0.717) is 6.54 Å². The van der Waals surface area contributed by atoms with E-state index in [9.17, 15) is 4.79 Å². The minimum absolute atomic E-state index is 0.0926. The first kappa shape index (κ1) is 17.4. The standard InChI is InChI=1S/C26H20N2O/c29-24(21-12-10-20(11-13-21)19-6-2-1-3-7-19)18-28-17-5-9-23-15-14-22-8-4-16-27-25(22)26(23)28/h1-8,10-17H,9,18H2. The maximum atomic E-state index is 13.0. The maximum Gasteiger partial charge on any atom is 0.182 e. The average Bonchev–Trinajstić information content (AvgIpc) is 2.79. The van der Waals surface area contributed by atoms with Crippen LogP contribution in [0.2, 0.25) is 0 Å². The van der Waals surface area contributed by atoms with Gasteiger partial charge in [0.15, 0.2) is 5.78 Å². The third kappa shape index (κ3) is 3.32. The minimum Gasteiger partial charge on any atom is -0.338 e. The molecule has 5 rings (SSSR count). The van der Waals surface area contributed by atoms with Crippen molar-refractivity contribution >= 4 is 22.4 Å². The fourth-order valence-electron chi connectivity index (χ4n) is 3.90. The van der Waals surface area contributed by atoms with Crippen molar-refractivity contribution in [2.75, 3.05) is 11.4 Å². The van der Waals surface area contributed by atoms with E-state index >= 15 is 0 Å². The minimum atomic E-state index is 0.0926. The van der Waals surface area contributed by atoms with E-state index in [1.807, 2.05) is 65.8 Å². The van der Waals surface area contributed by atoms with Crippen molar-refractivity contribution in [3.8, 4) is 11.1 Å². The maximum absolute atomic E-state index is 13.0. The molecule has 1 aromatic heterocycles. The highest BCUT2D eigenvalue weighted by Crippen LogP contribution is 2.33. The Morgan fingerprint density at radius 1 is 0.862 bits per heavy atom. The Kier molecular flexibility index (Phi) is 4.41. The largest absolute Gasteiger partial charge is 0.338 e. The van der Waals surface area contributed by atoms with Gasteiger partial charge in [0.05, 0.1) is 17.7 Å². The van der Waals surface area contributed by atoms with E-state index in [0.717, 1.165) is 39.7 Å². The lowest BCUT2D eigenvalue weighted by Crippen LogP contribution is -2.27. The van der Waals surface area contributed by atoms with Crippen LogP contribution in [-0.4, -0.2) is 17.3 Å². The Morgan fingerprint density at radius 3 is 2.48 bits per heavy atom. The summed E-state index contributed by atoms with van der Waals surface area (Å²) in [6, 6.07) is 26.3. The highest BCUT2D eigenvalue weighted by Gasteiger charge is 2.20. The Bertz CT molecular complexity index is 1210. The molecule has 140 valence electrons. The zero-order valence-electron chi connectivity index (χ0n) is 16.0. The van der Waals surface area contributed by atoms with Crippen LogP contribution < -0.4 is 4.90 Å². The molecule has 0 saturated carbocycles. The highest BCUT2D eigenvalue weighted by atomic mass is 16.1.